The van der Waals surface area contributed by atoms with Gasteiger partial charge in [0, 0.05) is 35.7 Å². The fraction of sp³-hybridized carbons (Fsp3) is 0.370. The molecule has 0 saturated carbocycles. The molecule has 2 aromatic rings. The van der Waals surface area contributed by atoms with Gasteiger partial charge in [-0.2, -0.15) is 0 Å². The average molecular weight is 466 g/mol. The van der Waals surface area contributed by atoms with Crippen LogP contribution in [0, 0.1) is 5.41 Å². The van der Waals surface area contributed by atoms with Gasteiger partial charge in [-0.25, -0.2) is 4.79 Å². The summed E-state index contributed by atoms with van der Waals surface area (Å²) in [5, 5.41) is 9.61. The van der Waals surface area contributed by atoms with E-state index in [1.165, 1.54) is 22.6 Å². The van der Waals surface area contributed by atoms with E-state index in [2.05, 4.69) is 26.0 Å². The summed E-state index contributed by atoms with van der Waals surface area (Å²) in [5.74, 6) is -1.19. The lowest BCUT2D eigenvalue weighted by atomic mass is 9.69. The van der Waals surface area contributed by atoms with E-state index in [0.717, 1.165) is 5.56 Å². The maximum absolute atomic E-state index is 13.5. The number of ketones is 1. The minimum Gasteiger partial charge on any atom is -0.478 e. The van der Waals surface area contributed by atoms with Gasteiger partial charge >= 0.3 is 5.97 Å². The number of allylic oxidation sites excluding steroid dienone is 2. The van der Waals surface area contributed by atoms with Gasteiger partial charge in [0.15, 0.2) is 5.78 Å². The molecule has 1 aliphatic carbocycles. The zero-order valence-electron chi connectivity index (χ0n) is 19.3. The van der Waals surface area contributed by atoms with Gasteiger partial charge in [-0.1, -0.05) is 63.6 Å². The van der Waals surface area contributed by atoms with Crippen molar-refractivity contribution in [3.63, 3.8) is 0 Å². The van der Waals surface area contributed by atoms with E-state index in [1.54, 1.807) is 6.07 Å². The quantitative estimate of drug-likeness (QED) is 0.572. The molecule has 1 heterocycles. The Morgan fingerprint density at radius 3 is 2.36 bits per heavy atom. The first-order valence-electron chi connectivity index (χ1n) is 11.2. The Bertz CT molecular complexity index is 1180. The second-order valence-corrected chi connectivity index (χ2v) is 10.5. The Kier molecular flexibility index (Phi) is 5.95. The molecule has 1 atom stereocenters. The van der Waals surface area contributed by atoms with E-state index in [-0.39, 0.29) is 40.0 Å². The van der Waals surface area contributed by atoms with Gasteiger partial charge < -0.3 is 5.11 Å². The fourth-order valence-corrected chi connectivity index (χ4v) is 5.13. The van der Waals surface area contributed by atoms with Gasteiger partial charge in [0.2, 0.25) is 5.91 Å². The molecule has 1 N–H and O–H groups in total. The Hall–Kier alpha value is -2.92. The molecule has 33 heavy (non-hydrogen) atoms. The van der Waals surface area contributed by atoms with E-state index in [9.17, 15) is 19.5 Å². The zero-order valence-corrected chi connectivity index (χ0v) is 20.1. The number of rotatable bonds is 4. The van der Waals surface area contributed by atoms with Gasteiger partial charge in [-0.3, -0.25) is 14.5 Å². The number of carbonyl (C=O) groups excluding carboxylic acids is 2. The average Bonchev–Trinajstić information content (AvgIpc) is 2.72. The summed E-state index contributed by atoms with van der Waals surface area (Å²) in [6.45, 7) is 8.29. The number of carboxylic acid groups (broad SMARTS) is 1. The molecule has 2 aliphatic rings. The molecule has 4 rings (SSSR count). The van der Waals surface area contributed by atoms with E-state index in [1.807, 2.05) is 26.0 Å². The highest BCUT2D eigenvalue weighted by Gasteiger charge is 2.44. The standard InChI is InChI=1S/C27H28ClNO4/c1-15(2)16-5-7-17(8-6-16)19-12-24(31)29(18-9-10-21(28)20(11-18)26(32)33)22-13-27(3,4)14-23(30)25(19)22/h5-11,15,19H,12-14H2,1-4H3,(H,32,33). The van der Waals surface area contributed by atoms with Crippen molar-refractivity contribution in [1.82, 2.24) is 0 Å². The van der Waals surface area contributed by atoms with Crippen molar-refractivity contribution < 1.29 is 19.5 Å². The molecule has 6 heteroatoms. The van der Waals surface area contributed by atoms with Crippen LogP contribution in [-0.4, -0.2) is 22.8 Å². The Morgan fingerprint density at radius 2 is 1.76 bits per heavy atom. The molecule has 0 saturated heterocycles. The summed E-state index contributed by atoms with van der Waals surface area (Å²) in [7, 11) is 0. The van der Waals surface area contributed by atoms with Crippen molar-refractivity contribution in [1.29, 1.82) is 0 Å². The number of Topliss-reactive ketones (excluding diaryl/α,β-unsaturated/α-hetero) is 1. The predicted octanol–water partition coefficient (Wildman–Crippen LogP) is 6.33. The number of hydrogen-bond donors (Lipinski definition) is 1. The van der Waals surface area contributed by atoms with E-state index in [4.69, 9.17) is 11.6 Å². The van der Waals surface area contributed by atoms with Crippen LogP contribution >= 0.6 is 11.6 Å². The summed E-state index contributed by atoms with van der Waals surface area (Å²) < 4.78 is 0. The molecule has 1 unspecified atom stereocenters. The second-order valence-electron chi connectivity index (χ2n) is 10.1. The lowest BCUT2D eigenvalue weighted by Gasteiger charge is -2.43. The molecule has 0 spiro atoms. The molecule has 0 radical (unpaired) electrons. The van der Waals surface area contributed by atoms with Crippen LogP contribution in [-0.2, 0) is 9.59 Å². The summed E-state index contributed by atoms with van der Waals surface area (Å²) in [6, 6.07) is 12.7. The van der Waals surface area contributed by atoms with Crippen LogP contribution < -0.4 is 4.90 Å². The van der Waals surface area contributed by atoms with Crippen LogP contribution in [0.1, 0.15) is 80.3 Å². The molecule has 1 aliphatic heterocycles. The van der Waals surface area contributed by atoms with Crippen LogP contribution in [0.2, 0.25) is 5.02 Å². The SMILES string of the molecule is CC(C)c1ccc(C2CC(=O)N(c3ccc(Cl)c(C(=O)O)c3)C3=C2C(=O)CC(C)(C)C3)cc1. The van der Waals surface area contributed by atoms with Crippen molar-refractivity contribution in [3.8, 4) is 0 Å². The van der Waals surface area contributed by atoms with Gasteiger partial charge in [-0.15, -0.1) is 0 Å². The predicted molar refractivity (Wildman–Crippen MR) is 129 cm³/mol. The number of aromatic carboxylic acids is 1. The van der Waals surface area contributed by atoms with Gasteiger partial charge in [0.05, 0.1) is 10.6 Å². The largest absolute Gasteiger partial charge is 0.478 e. The number of benzene rings is 2. The number of halogens is 1. The number of amides is 1. The third-order valence-corrected chi connectivity index (χ3v) is 6.92. The van der Waals surface area contributed by atoms with E-state index >= 15 is 0 Å². The van der Waals surface area contributed by atoms with Crippen LogP contribution in [0.3, 0.4) is 0 Å². The first-order valence-corrected chi connectivity index (χ1v) is 11.6. The minimum absolute atomic E-state index is 0.0455. The summed E-state index contributed by atoms with van der Waals surface area (Å²) in [6.07, 6.45) is 1.11. The first-order chi connectivity index (χ1) is 15.5. The fourth-order valence-electron chi connectivity index (χ4n) is 4.93. The molecule has 0 aromatic heterocycles. The normalized spacial score (nSPS) is 20.3. The van der Waals surface area contributed by atoms with Crippen molar-refractivity contribution in [2.75, 3.05) is 4.90 Å². The van der Waals surface area contributed by atoms with Crippen molar-refractivity contribution >= 4 is 34.9 Å². The molecular weight excluding hydrogens is 438 g/mol. The molecule has 0 fully saturated rings. The maximum atomic E-state index is 13.5. The van der Waals surface area contributed by atoms with Crippen molar-refractivity contribution in [3.05, 3.63) is 75.4 Å². The van der Waals surface area contributed by atoms with E-state index < -0.39 is 5.97 Å². The summed E-state index contributed by atoms with van der Waals surface area (Å²) in [5.41, 5.74) is 3.54. The molecule has 0 bridgehead atoms. The Morgan fingerprint density at radius 1 is 1.09 bits per heavy atom. The van der Waals surface area contributed by atoms with Crippen LogP contribution in [0.4, 0.5) is 5.69 Å². The van der Waals surface area contributed by atoms with Crippen molar-refractivity contribution in [2.45, 2.75) is 58.8 Å². The monoisotopic (exact) mass is 465 g/mol. The van der Waals surface area contributed by atoms with Crippen LogP contribution in [0.5, 0.6) is 0 Å². The highest BCUT2D eigenvalue weighted by atomic mass is 35.5. The number of nitrogens with zero attached hydrogens (tertiary/aromatic N) is 1. The Labute approximate surface area is 199 Å². The topological polar surface area (TPSA) is 74.7 Å². The lowest BCUT2D eigenvalue weighted by molar-refractivity contribution is -0.121. The number of hydrogen-bond acceptors (Lipinski definition) is 3. The van der Waals surface area contributed by atoms with Crippen LogP contribution in [0.15, 0.2) is 53.7 Å². The van der Waals surface area contributed by atoms with Crippen molar-refractivity contribution in [2.24, 2.45) is 5.41 Å². The molecule has 1 amide bonds. The Balaban J connectivity index is 1.87. The first kappa shape index (κ1) is 23.2. The highest BCUT2D eigenvalue weighted by molar-refractivity contribution is 6.33. The maximum Gasteiger partial charge on any atom is 0.337 e. The van der Waals surface area contributed by atoms with Gasteiger partial charge in [0.25, 0.3) is 0 Å². The molecule has 5 nitrogen and oxygen atoms in total. The molecule has 2 aromatic carbocycles. The highest BCUT2D eigenvalue weighted by Crippen LogP contribution is 2.48. The number of carboxylic acids is 1. The zero-order chi connectivity index (χ0) is 24.1. The lowest BCUT2D eigenvalue weighted by Crippen LogP contribution is -2.43. The molecular formula is C27H28ClNO4. The number of carbonyl (C=O) groups is 3. The smallest absolute Gasteiger partial charge is 0.337 e. The van der Waals surface area contributed by atoms with E-state index in [0.29, 0.717) is 35.7 Å². The third kappa shape index (κ3) is 4.34. The number of anilines is 1. The van der Waals surface area contributed by atoms with Gasteiger partial charge in [0.1, 0.15) is 0 Å². The summed E-state index contributed by atoms with van der Waals surface area (Å²) in [4.78, 5) is 40.1. The minimum atomic E-state index is -1.16. The van der Waals surface area contributed by atoms with Gasteiger partial charge in [-0.05, 0) is 47.1 Å². The second kappa shape index (κ2) is 8.45. The summed E-state index contributed by atoms with van der Waals surface area (Å²) >= 11 is 6.06. The molecule has 172 valence electrons. The third-order valence-electron chi connectivity index (χ3n) is 6.59. The van der Waals surface area contributed by atoms with Crippen LogP contribution in [0.25, 0.3) is 0 Å².